The van der Waals surface area contributed by atoms with Gasteiger partial charge in [-0.1, -0.05) is 152 Å². The zero-order valence-corrected chi connectivity index (χ0v) is 35.0. The summed E-state index contributed by atoms with van der Waals surface area (Å²) in [7, 11) is 0. The van der Waals surface area contributed by atoms with Crippen LogP contribution < -0.4 is 0 Å². The van der Waals surface area contributed by atoms with Crippen molar-refractivity contribution in [3.8, 4) is 33.6 Å². The molecule has 0 aliphatic carbocycles. The van der Waals surface area contributed by atoms with E-state index in [0.29, 0.717) is 0 Å². The average molecular weight is 823 g/mol. The Balaban J connectivity index is 1.11. The van der Waals surface area contributed by atoms with Crippen LogP contribution in [0.1, 0.15) is 0 Å². The summed E-state index contributed by atoms with van der Waals surface area (Å²) >= 11 is 3.81. The summed E-state index contributed by atoms with van der Waals surface area (Å²) in [5.74, 6) is 0. The Morgan fingerprint density at radius 3 is 1.21 bits per heavy atom. The molecule has 288 valence electrons. The van der Waals surface area contributed by atoms with Crippen LogP contribution >= 0.6 is 22.7 Å². The molecule has 0 N–H and O–H groups in total. The summed E-state index contributed by atoms with van der Waals surface area (Å²) in [5.41, 5.74) is 12.0. The molecule has 4 aromatic heterocycles. The summed E-state index contributed by atoms with van der Waals surface area (Å²) in [6.45, 7) is 0. The molecule has 0 spiro atoms. The highest BCUT2D eigenvalue weighted by Crippen LogP contribution is 2.47. The maximum absolute atomic E-state index is 2.51. The Morgan fingerprint density at radius 2 is 0.694 bits per heavy atom. The lowest BCUT2D eigenvalue weighted by atomic mass is 9.91. The smallest absolute Gasteiger partial charge is 0.0555 e. The van der Waals surface area contributed by atoms with E-state index in [4.69, 9.17) is 0 Å². The van der Waals surface area contributed by atoms with E-state index < -0.39 is 0 Å². The highest BCUT2D eigenvalue weighted by molar-refractivity contribution is 7.27. The van der Waals surface area contributed by atoms with Crippen molar-refractivity contribution in [3.63, 3.8) is 0 Å². The normalized spacial score (nSPS) is 12.2. The van der Waals surface area contributed by atoms with Crippen LogP contribution in [0.5, 0.6) is 0 Å². The molecule has 14 rings (SSSR count). The third kappa shape index (κ3) is 4.79. The van der Waals surface area contributed by atoms with Gasteiger partial charge in [-0.2, -0.15) is 0 Å². The fourth-order valence-electron chi connectivity index (χ4n) is 10.5. The minimum Gasteiger partial charge on any atom is -0.309 e. The van der Waals surface area contributed by atoms with Gasteiger partial charge in [0.15, 0.2) is 0 Å². The quantitative estimate of drug-likeness (QED) is 0.167. The van der Waals surface area contributed by atoms with Gasteiger partial charge in [0.2, 0.25) is 0 Å². The van der Waals surface area contributed by atoms with E-state index in [-0.39, 0.29) is 0 Å². The number of thiophene rings is 2. The molecular weight excluding hydrogens is 789 g/mol. The Hall–Kier alpha value is -7.50. The van der Waals surface area contributed by atoms with E-state index in [1.165, 1.54) is 117 Å². The van der Waals surface area contributed by atoms with Crippen LogP contribution in [0.2, 0.25) is 0 Å². The maximum atomic E-state index is 2.51. The van der Waals surface area contributed by atoms with E-state index >= 15 is 0 Å². The van der Waals surface area contributed by atoms with Crippen molar-refractivity contribution < 1.29 is 0 Å². The average Bonchev–Trinajstić information content (AvgIpc) is 4.09. The molecule has 0 aliphatic rings. The first-order chi connectivity index (χ1) is 30.8. The van der Waals surface area contributed by atoms with Crippen LogP contribution in [0.25, 0.3) is 128 Å². The number of para-hydroxylation sites is 2. The number of nitrogens with zero attached hydrogens (tertiary/aromatic N) is 2. The SMILES string of the molecule is c1ccc(-c2ccc(-c3cc(-n4c5ccccc5c5c6sc7ccccc7c6ccc54)cc(-n4c5ccccc5c5c6sc7ccccc7c6ccc54)c3)c3ccccc23)cc1. The van der Waals surface area contributed by atoms with Gasteiger partial charge < -0.3 is 9.13 Å². The third-order valence-electron chi connectivity index (χ3n) is 13.1. The van der Waals surface area contributed by atoms with Crippen LogP contribution in [-0.4, -0.2) is 9.13 Å². The summed E-state index contributed by atoms with van der Waals surface area (Å²) in [5, 5.41) is 12.9. The molecule has 4 heteroatoms. The second kappa shape index (κ2) is 13.0. The summed E-state index contributed by atoms with van der Waals surface area (Å²) < 4.78 is 10.3. The molecule has 0 bridgehead atoms. The summed E-state index contributed by atoms with van der Waals surface area (Å²) in [6.07, 6.45) is 0. The molecule has 14 aromatic rings. The Kier molecular flexibility index (Phi) is 7.18. The van der Waals surface area contributed by atoms with Crippen molar-refractivity contribution in [1.82, 2.24) is 9.13 Å². The van der Waals surface area contributed by atoms with Crippen molar-refractivity contribution in [3.05, 3.63) is 206 Å². The van der Waals surface area contributed by atoms with E-state index in [2.05, 4.69) is 215 Å². The number of fused-ring (bicyclic) bond motifs is 15. The summed E-state index contributed by atoms with van der Waals surface area (Å²) in [4.78, 5) is 0. The van der Waals surface area contributed by atoms with E-state index in [9.17, 15) is 0 Å². The van der Waals surface area contributed by atoms with E-state index in [0.717, 1.165) is 11.4 Å². The number of rotatable bonds is 4. The van der Waals surface area contributed by atoms with Gasteiger partial charge in [-0.05, 0) is 87.6 Å². The van der Waals surface area contributed by atoms with Gasteiger partial charge in [0.25, 0.3) is 0 Å². The van der Waals surface area contributed by atoms with Gasteiger partial charge in [0.05, 0.1) is 22.1 Å². The lowest BCUT2D eigenvalue weighted by molar-refractivity contribution is 1.14. The van der Waals surface area contributed by atoms with Crippen LogP contribution in [0.3, 0.4) is 0 Å². The Morgan fingerprint density at radius 1 is 0.274 bits per heavy atom. The highest BCUT2D eigenvalue weighted by Gasteiger charge is 2.22. The molecule has 0 aliphatic heterocycles. The Labute approximate surface area is 364 Å². The number of benzene rings is 10. The second-order valence-electron chi connectivity index (χ2n) is 16.4. The topological polar surface area (TPSA) is 9.86 Å². The van der Waals surface area contributed by atoms with Crippen LogP contribution in [0, 0.1) is 0 Å². The fourth-order valence-corrected chi connectivity index (χ4v) is 13.0. The van der Waals surface area contributed by atoms with Crippen LogP contribution in [0.4, 0.5) is 0 Å². The predicted octanol–water partition coefficient (Wildman–Crippen LogP) is 17.1. The van der Waals surface area contributed by atoms with Gasteiger partial charge >= 0.3 is 0 Å². The molecule has 0 unspecified atom stereocenters. The fraction of sp³-hybridized carbons (Fsp3) is 0. The van der Waals surface area contributed by atoms with Crippen molar-refractivity contribution in [2.75, 3.05) is 0 Å². The second-order valence-corrected chi connectivity index (χ2v) is 18.5. The highest BCUT2D eigenvalue weighted by atomic mass is 32.1. The van der Waals surface area contributed by atoms with Crippen molar-refractivity contribution in [1.29, 1.82) is 0 Å². The number of aromatic nitrogens is 2. The number of hydrogen-bond acceptors (Lipinski definition) is 2. The molecule has 4 heterocycles. The van der Waals surface area contributed by atoms with Gasteiger partial charge in [-0.3, -0.25) is 0 Å². The first kappa shape index (κ1) is 34.2. The van der Waals surface area contributed by atoms with E-state index in [1.807, 2.05) is 22.7 Å². The van der Waals surface area contributed by atoms with Crippen LogP contribution in [0.15, 0.2) is 206 Å². The summed E-state index contributed by atoms with van der Waals surface area (Å²) in [6, 6.07) is 76.6. The monoisotopic (exact) mass is 822 g/mol. The molecule has 0 saturated heterocycles. The molecule has 0 atom stereocenters. The molecule has 0 radical (unpaired) electrons. The first-order valence-electron chi connectivity index (χ1n) is 21.2. The predicted molar refractivity (Wildman–Crippen MR) is 269 cm³/mol. The van der Waals surface area contributed by atoms with Gasteiger partial charge in [0, 0.05) is 73.3 Å². The van der Waals surface area contributed by atoms with Crippen molar-refractivity contribution >= 4 is 117 Å². The molecule has 0 amide bonds. The van der Waals surface area contributed by atoms with Crippen LogP contribution in [-0.2, 0) is 0 Å². The van der Waals surface area contributed by atoms with Crippen molar-refractivity contribution in [2.24, 2.45) is 0 Å². The zero-order chi connectivity index (χ0) is 40.5. The van der Waals surface area contributed by atoms with Gasteiger partial charge in [-0.25, -0.2) is 0 Å². The molecule has 0 fully saturated rings. The largest absolute Gasteiger partial charge is 0.309 e. The minimum atomic E-state index is 1.13. The molecular formula is C58H34N2S2. The maximum Gasteiger partial charge on any atom is 0.0555 e. The molecule has 2 nitrogen and oxygen atoms in total. The standard InChI is InChI=1S/C58H34N2S2/c1-2-14-35(15-3-1)39-26-27-40(42-17-5-4-16-41(39)42)36-32-37(59-49-22-10-6-20-47(49)55-51(59)30-28-45-43-18-8-12-24-53(43)61-57(45)55)34-38(33-36)60-50-23-11-7-21-48(50)56-52(60)31-29-46-44-19-9-13-25-54(44)62-58(46)56/h1-34H. The zero-order valence-electron chi connectivity index (χ0n) is 33.3. The molecule has 0 saturated carbocycles. The third-order valence-corrected chi connectivity index (χ3v) is 15.5. The minimum absolute atomic E-state index is 1.13. The van der Waals surface area contributed by atoms with Gasteiger partial charge in [-0.15, -0.1) is 22.7 Å². The van der Waals surface area contributed by atoms with E-state index in [1.54, 1.807) is 0 Å². The Bertz CT molecular complexity index is 3950. The lowest BCUT2D eigenvalue weighted by Crippen LogP contribution is -2.00. The molecule has 62 heavy (non-hydrogen) atoms. The molecule has 10 aromatic carbocycles. The lowest BCUT2D eigenvalue weighted by Gasteiger charge is -2.17. The van der Waals surface area contributed by atoms with Crippen molar-refractivity contribution in [2.45, 2.75) is 0 Å². The van der Waals surface area contributed by atoms with Gasteiger partial charge in [0.1, 0.15) is 0 Å². The number of hydrogen-bond donors (Lipinski definition) is 0. The first-order valence-corrected chi connectivity index (χ1v) is 22.8.